The summed E-state index contributed by atoms with van der Waals surface area (Å²) < 4.78 is 93.7. The highest BCUT2D eigenvalue weighted by Gasteiger charge is 2.63. The van der Waals surface area contributed by atoms with Crippen LogP contribution in [0.2, 0.25) is 0 Å². The van der Waals surface area contributed by atoms with E-state index in [4.69, 9.17) is 0 Å². The van der Waals surface area contributed by atoms with Crippen molar-refractivity contribution in [1.82, 2.24) is 9.78 Å². The molecule has 10 heteroatoms. The predicted octanol–water partition coefficient (Wildman–Crippen LogP) is 4.05. The summed E-state index contributed by atoms with van der Waals surface area (Å²) in [5.74, 6) is -2.77. The van der Waals surface area contributed by atoms with Crippen molar-refractivity contribution >= 4 is 0 Å². The molecule has 0 saturated heterocycles. The van der Waals surface area contributed by atoms with E-state index in [1.165, 1.54) is 0 Å². The first-order valence-corrected chi connectivity index (χ1v) is 7.48. The number of rotatable bonds is 1. The van der Waals surface area contributed by atoms with Crippen molar-refractivity contribution < 1.29 is 35.8 Å². The van der Waals surface area contributed by atoms with Gasteiger partial charge in [0.25, 0.3) is 0 Å². The lowest BCUT2D eigenvalue weighted by atomic mass is 9.52. The van der Waals surface area contributed by atoms with E-state index in [0.717, 1.165) is 4.68 Å². The van der Waals surface area contributed by atoms with Gasteiger partial charge in [-0.25, -0.2) is 17.6 Å². The number of hydrogen-bond donors (Lipinski definition) is 1. The van der Waals surface area contributed by atoms with Gasteiger partial charge in [-0.05, 0) is 18.3 Å². The number of nitrogens with zero attached hydrogens (tertiary/aromatic N) is 2. The fourth-order valence-electron chi connectivity index (χ4n) is 4.43. The normalized spacial score (nSPS) is 34.1. The zero-order valence-electron chi connectivity index (χ0n) is 12.1. The van der Waals surface area contributed by atoms with Crippen molar-refractivity contribution in [3.05, 3.63) is 17.0 Å². The van der Waals surface area contributed by atoms with Gasteiger partial charge in [0.15, 0.2) is 18.0 Å². The summed E-state index contributed by atoms with van der Waals surface area (Å²) in [5, 5.41) is 13.0. The summed E-state index contributed by atoms with van der Waals surface area (Å²) >= 11 is 0. The van der Waals surface area contributed by atoms with Crippen LogP contribution in [-0.2, 0) is 6.18 Å². The van der Waals surface area contributed by atoms with E-state index in [1.807, 2.05) is 0 Å². The van der Waals surface area contributed by atoms with E-state index in [1.54, 1.807) is 0 Å². The molecule has 0 unspecified atom stereocenters. The molecular weight excluding hydrogens is 345 g/mol. The molecule has 134 valence electrons. The quantitative estimate of drug-likeness (QED) is 0.770. The van der Waals surface area contributed by atoms with Gasteiger partial charge in [0.2, 0.25) is 5.92 Å². The molecule has 4 rings (SSSR count). The number of alkyl halides is 7. The van der Waals surface area contributed by atoms with E-state index in [9.17, 15) is 35.8 Å². The van der Waals surface area contributed by atoms with Gasteiger partial charge in [0.1, 0.15) is 6.10 Å². The maximum atomic E-state index is 14.1. The molecule has 0 bridgehead atoms. The fraction of sp³-hybridized carbons (Fsp3) is 0.786. The van der Waals surface area contributed by atoms with Crippen LogP contribution in [0.4, 0.5) is 30.7 Å². The van der Waals surface area contributed by atoms with Crippen LogP contribution in [0.1, 0.15) is 61.0 Å². The molecule has 0 radical (unpaired) electrons. The largest absolute Gasteiger partial charge is 0.435 e. The van der Waals surface area contributed by atoms with Crippen LogP contribution in [0.25, 0.3) is 0 Å². The smallest absolute Gasteiger partial charge is 0.385 e. The minimum atomic E-state index is -4.97. The lowest BCUT2D eigenvalue weighted by Crippen LogP contribution is -2.54. The number of aliphatic hydroxyl groups is 1. The number of hydrogen-bond acceptors (Lipinski definition) is 2. The molecule has 0 amide bonds. The number of aromatic nitrogens is 2. The minimum Gasteiger partial charge on any atom is -0.385 e. The maximum Gasteiger partial charge on any atom is 0.435 e. The van der Waals surface area contributed by atoms with Crippen LogP contribution in [0.3, 0.4) is 0 Å². The Hall–Kier alpha value is -1.32. The van der Waals surface area contributed by atoms with Gasteiger partial charge in [-0.3, -0.25) is 4.68 Å². The number of halogens is 7. The Morgan fingerprint density at radius 3 is 2.21 bits per heavy atom. The van der Waals surface area contributed by atoms with E-state index in [0.29, 0.717) is 0 Å². The van der Waals surface area contributed by atoms with Gasteiger partial charge in [-0.15, -0.1) is 0 Å². The molecule has 1 aromatic rings. The summed E-state index contributed by atoms with van der Waals surface area (Å²) in [6, 6.07) is -0.693. The topological polar surface area (TPSA) is 38.1 Å². The Kier molecular flexibility index (Phi) is 2.99. The van der Waals surface area contributed by atoms with Gasteiger partial charge in [0, 0.05) is 18.4 Å². The van der Waals surface area contributed by atoms with Crippen molar-refractivity contribution in [1.29, 1.82) is 0 Å². The van der Waals surface area contributed by atoms with Gasteiger partial charge < -0.3 is 5.11 Å². The first-order chi connectivity index (χ1) is 10.9. The van der Waals surface area contributed by atoms with Crippen LogP contribution < -0.4 is 0 Å². The molecule has 1 spiro atoms. The predicted molar refractivity (Wildman–Crippen MR) is 65.8 cm³/mol. The Bertz CT molecular complexity index is 682. The molecule has 0 aromatic carbocycles. The SMILES string of the molecule is O[C@H]1c2c(C(F)(F)F)nn(C3CC4(C3)CC(F)(F)C4)c2[C@H](F)[C@H]1F. The molecule has 3 atom stereocenters. The summed E-state index contributed by atoms with van der Waals surface area (Å²) in [7, 11) is 0. The van der Waals surface area contributed by atoms with E-state index in [2.05, 4.69) is 5.10 Å². The fourth-order valence-corrected chi connectivity index (χ4v) is 4.43. The Morgan fingerprint density at radius 2 is 1.71 bits per heavy atom. The summed E-state index contributed by atoms with van der Waals surface area (Å²) in [4.78, 5) is 0. The number of fused-ring (bicyclic) bond motifs is 1. The van der Waals surface area contributed by atoms with Gasteiger partial charge in [0.05, 0.1) is 11.7 Å². The molecule has 3 aliphatic carbocycles. The van der Waals surface area contributed by atoms with Crippen LogP contribution in [0.15, 0.2) is 0 Å². The molecule has 3 nitrogen and oxygen atoms in total. The molecule has 1 aromatic heterocycles. The third-order valence-corrected chi connectivity index (χ3v) is 5.34. The van der Waals surface area contributed by atoms with Crippen molar-refractivity contribution in [2.45, 2.75) is 62.3 Å². The molecule has 2 saturated carbocycles. The third kappa shape index (κ3) is 2.04. The average molecular weight is 358 g/mol. The van der Waals surface area contributed by atoms with Crippen molar-refractivity contribution in [3.63, 3.8) is 0 Å². The second kappa shape index (κ2) is 4.44. The lowest BCUT2D eigenvalue weighted by Gasteiger charge is -2.57. The highest BCUT2D eigenvalue weighted by atomic mass is 19.4. The van der Waals surface area contributed by atoms with Crippen molar-refractivity contribution in [3.8, 4) is 0 Å². The molecular formula is C14H13F7N2O. The summed E-state index contributed by atoms with van der Waals surface area (Å²) in [6.07, 6.45) is -12.5. The van der Waals surface area contributed by atoms with Crippen LogP contribution in [-0.4, -0.2) is 27.0 Å². The Labute approximate surface area is 131 Å². The molecule has 2 fully saturated rings. The first-order valence-electron chi connectivity index (χ1n) is 7.48. The van der Waals surface area contributed by atoms with Gasteiger partial charge in [-0.2, -0.15) is 18.3 Å². The molecule has 1 N–H and O–H groups in total. The Morgan fingerprint density at radius 1 is 1.12 bits per heavy atom. The molecule has 0 aliphatic heterocycles. The second-order valence-electron chi connectivity index (χ2n) is 7.15. The highest BCUT2D eigenvalue weighted by Crippen LogP contribution is 2.66. The monoisotopic (exact) mass is 358 g/mol. The Balaban J connectivity index is 1.68. The first kappa shape index (κ1) is 16.2. The van der Waals surface area contributed by atoms with Gasteiger partial charge >= 0.3 is 6.18 Å². The third-order valence-electron chi connectivity index (χ3n) is 5.34. The zero-order chi connectivity index (χ0) is 17.7. The standard InChI is InChI=1S/C14H13F7N2O/c15-7-8(16)10(24)6-9(7)23(22-11(6)14(19,20)21)5-1-12(2-5)3-13(17,18)4-12/h5,7-8,10,24H,1-4H2/t7-,8-,10+/m1/s1. The van der Waals surface area contributed by atoms with E-state index < -0.39 is 59.0 Å². The average Bonchev–Trinajstić information content (AvgIpc) is 2.86. The van der Waals surface area contributed by atoms with E-state index >= 15 is 0 Å². The van der Waals surface area contributed by atoms with Crippen molar-refractivity contribution in [2.75, 3.05) is 0 Å². The van der Waals surface area contributed by atoms with Crippen LogP contribution >= 0.6 is 0 Å². The van der Waals surface area contributed by atoms with Gasteiger partial charge in [-0.1, -0.05) is 0 Å². The van der Waals surface area contributed by atoms with Crippen LogP contribution in [0.5, 0.6) is 0 Å². The lowest BCUT2D eigenvalue weighted by molar-refractivity contribution is -0.205. The number of aliphatic hydroxyl groups excluding tert-OH is 1. The second-order valence-corrected chi connectivity index (χ2v) is 7.15. The van der Waals surface area contributed by atoms with Crippen molar-refractivity contribution in [2.24, 2.45) is 5.41 Å². The summed E-state index contributed by atoms with van der Waals surface area (Å²) in [5.41, 5.74) is -3.65. The van der Waals surface area contributed by atoms with Crippen LogP contribution in [0, 0.1) is 5.41 Å². The molecule has 3 aliphatic rings. The minimum absolute atomic E-state index is 0.147. The maximum absolute atomic E-state index is 14.1. The molecule has 1 heterocycles. The zero-order valence-corrected chi connectivity index (χ0v) is 12.1. The summed E-state index contributed by atoms with van der Waals surface area (Å²) in [6.45, 7) is 0. The van der Waals surface area contributed by atoms with E-state index in [-0.39, 0.29) is 25.7 Å². The highest BCUT2D eigenvalue weighted by molar-refractivity contribution is 5.39. The molecule has 24 heavy (non-hydrogen) atoms.